The lowest BCUT2D eigenvalue weighted by molar-refractivity contribution is -0.116. The maximum atomic E-state index is 12.1. The number of benzene rings is 2. The van der Waals surface area contributed by atoms with Crippen LogP contribution in [0, 0.1) is 0 Å². The van der Waals surface area contributed by atoms with E-state index in [9.17, 15) is 4.79 Å². The van der Waals surface area contributed by atoms with Gasteiger partial charge in [-0.1, -0.05) is 41.9 Å². The SMILES string of the molecule is COc1ccc(Cl)cc1NC(=O)CC(N)c1ccccc1. The molecule has 0 saturated heterocycles. The summed E-state index contributed by atoms with van der Waals surface area (Å²) in [5, 5.41) is 3.30. The highest BCUT2D eigenvalue weighted by Gasteiger charge is 2.13. The number of carbonyl (C=O) groups excluding carboxylic acids is 1. The van der Waals surface area contributed by atoms with Crippen molar-refractivity contribution in [2.24, 2.45) is 5.73 Å². The Hall–Kier alpha value is -2.04. The molecular weight excluding hydrogens is 288 g/mol. The molecule has 0 radical (unpaired) electrons. The summed E-state index contributed by atoms with van der Waals surface area (Å²) in [5.74, 6) is 0.368. The van der Waals surface area contributed by atoms with E-state index in [4.69, 9.17) is 22.1 Å². The summed E-state index contributed by atoms with van der Waals surface area (Å²) in [5.41, 5.74) is 7.49. The molecule has 2 aromatic rings. The average molecular weight is 305 g/mol. The van der Waals surface area contributed by atoms with Gasteiger partial charge in [-0.05, 0) is 23.8 Å². The molecule has 0 saturated carbocycles. The minimum absolute atomic E-state index is 0.180. The van der Waals surface area contributed by atoms with Crippen LogP contribution >= 0.6 is 11.6 Å². The number of methoxy groups -OCH3 is 1. The van der Waals surface area contributed by atoms with E-state index in [1.807, 2.05) is 30.3 Å². The summed E-state index contributed by atoms with van der Waals surface area (Å²) in [6.45, 7) is 0. The van der Waals surface area contributed by atoms with Crippen LogP contribution in [0.5, 0.6) is 5.75 Å². The molecule has 2 rings (SSSR count). The maximum Gasteiger partial charge on any atom is 0.226 e. The van der Waals surface area contributed by atoms with E-state index in [0.29, 0.717) is 16.5 Å². The summed E-state index contributed by atoms with van der Waals surface area (Å²) in [7, 11) is 1.54. The van der Waals surface area contributed by atoms with E-state index >= 15 is 0 Å². The van der Waals surface area contributed by atoms with E-state index in [1.165, 1.54) is 7.11 Å². The van der Waals surface area contributed by atoms with Gasteiger partial charge in [0, 0.05) is 17.5 Å². The second-order valence-electron chi connectivity index (χ2n) is 4.61. The van der Waals surface area contributed by atoms with Gasteiger partial charge in [0.25, 0.3) is 0 Å². The van der Waals surface area contributed by atoms with E-state index < -0.39 is 0 Å². The van der Waals surface area contributed by atoms with Crippen LogP contribution in [0.2, 0.25) is 5.02 Å². The van der Waals surface area contributed by atoms with Gasteiger partial charge in [0.05, 0.1) is 12.8 Å². The first-order valence-electron chi connectivity index (χ1n) is 6.54. The first-order valence-corrected chi connectivity index (χ1v) is 6.92. The van der Waals surface area contributed by atoms with Crippen LogP contribution < -0.4 is 15.8 Å². The van der Waals surface area contributed by atoms with Crippen molar-refractivity contribution in [3.63, 3.8) is 0 Å². The van der Waals surface area contributed by atoms with E-state index in [1.54, 1.807) is 18.2 Å². The van der Waals surface area contributed by atoms with Gasteiger partial charge < -0.3 is 15.8 Å². The number of ether oxygens (including phenoxy) is 1. The number of nitrogens with two attached hydrogens (primary N) is 1. The van der Waals surface area contributed by atoms with Crippen molar-refractivity contribution in [3.8, 4) is 5.75 Å². The maximum absolute atomic E-state index is 12.1. The predicted octanol–water partition coefficient (Wildman–Crippen LogP) is 3.38. The second kappa shape index (κ2) is 7.11. The Morgan fingerprint density at radius 2 is 2.00 bits per heavy atom. The van der Waals surface area contributed by atoms with Crippen LogP contribution in [0.25, 0.3) is 0 Å². The van der Waals surface area contributed by atoms with Crippen molar-refractivity contribution >= 4 is 23.2 Å². The molecule has 0 aromatic heterocycles. The molecule has 1 amide bonds. The molecule has 21 heavy (non-hydrogen) atoms. The summed E-state index contributed by atoms with van der Waals surface area (Å²) < 4.78 is 5.19. The summed E-state index contributed by atoms with van der Waals surface area (Å²) in [6, 6.07) is 14.2. The summed E-state index contributed by atoms with van der Waals surface area (Å²) in [4.78, 5) is 12.1. The molecule has 1 unspecified atom stereocenters. The van der Waals surface area contributed by atoms with Crippen molar-refractivity contribution in [3.05, 3.63) is 59.1 Å². The Bertz CT molecular complexity index is 617. The van der Waals surface area contributed by atoms with Crippen LogP contribution in [0.4, 0.5) is 5.69 Å². The minimum Gasteiger partial charge on any atom is -0.495 e. The number of carbonyl (C=O) groups is 1. The lowest BCUT2D eigenvalue weighted by atomic mass is 10.0. The first kappa shape index (κ1) is 15.4. The summed E-state index contributed by atoms with van der Waals surface area (Å²) in [6.07, 6.45) is 0.180. The fourth-order valence-electron chi connectivity index (χ4n) is 2.00. The quantitative estimate of drug-likeness (QED) is 0.890. The Labute approximate surface area is 128 Å². The lowest BCUT2D eigenvalue weighted by Crippen LogP contribution is -2.20. The predicted molar refractivity (Wildman–Crippen MR) is 84.6 cm³/mol. The van der Waals surface area contributed by atoms with E-state index in [2.05, 4.69) is 5.32 Å². The minimum atomic E-state index is -0.351. The third-order valence-electron chi connectivity index (χ3n) is 3.07. The molecular formula is C16H17ClN2O2. The molecule has 0 aliphatic heterocycles. The number of hydrogen-bond donors (Lipinski definition) is 2. The first-order chi connectivity index (χ1) is 10.1. The molecule has 0 heterocycles. The standard InChI is InChI=1S/C16H17ClN2O2/c1-21-15-8-7-12(17)9-14(15)19-16(20)10-13(18)11-5-3-2-4-6-11/h2-9,13H,10,18H2,1H3,(H,19,20). The monoisotopic (exact) mass is 304 g/mol. The number of anilines is 1. The van der Waals surface area contributed by atoms with Crippen LogP contribution in [-0.4, -0.2) is 13.0 Å². The number of amides is 1. The smallest absolute Gasteiger partial charge is 0.226 e. The molecule has 3 N–H and O–H groups in total. The van der Waals surface area contributed by atoms with Gasteiger partial charge in [0.15, 0.2) is 0 Å². The van der Waals surface area contributed by atoms with Crippen molar-refractivity contribution in [2.75, 3.05) is 12.4 Å². The molecule has 2 aromatic carbocycles. The van der Waals surface area contributed by atoms with E-state index in [-0.39, 0.29) is 18.4 Å². The second-order valence-corrected chi connectivity index (χ2v) is 5.05. The Kier molecular flexibility index (Phi) is 5.20. The van der Waals surface area contributed by atoms with Crippen molar-refractivity contribution in [1.29, 1.82) is 0 Å². The molecule has 110 valence electrons. The van der Waals surface area contributed by atoms with Crippen molar-refractivity contribution < 1.29 is 9.53 Å². The summed E-state index contributed by atoms with van der Waals surface area (Å²) >= 11 is 5.93. The molecule has 0 aliphatic rings. The Balaban J connectivity index is 2.04. The van der Waals surface area contributed by atoms with Gasteiger partial charge >= 0.3 is 0 Å². The molecule has 0 fully saturated rings. The highest BCUT2D eigenvalue weighted by Crippen LogP contribution is 2.28. The van der Waals surface area contributed by atoms with Crippen LogP contribution in [0.3, 0.4) is 0 Å². The van der Waals surface area contributed by atoms with Gasteiger partial charge in [-0.15, -0.1) is 0 Å². The van der Waals surface area contributed by atoms with Crippen LogP contribution in [0.1, 0.15) is 18.0 Å². The molecule has 0 aliphatic carbocycles. The molecule has 0 spiro atoms. The van der Waals surface area contributed by atoms with Crippen molar-refractivity contribution in [2.45, 2.75) is 12.5 Å². The average Bonchev–Trinajstić information content (AvgIpc) is 2.48. The number of rotatable bonds is 5. The number of hydrogen-bond acceptors (Lipinski definition) is 3. The number of nitrogens with one attached hydrogen (secondary N) is 1. The zero-order valence-electron chi connectivity index (χ0n) is 11.7. The Morgan fingerprint density at radius 1 is 1.29 bits per heavy atom. The highest BCUT2D eigenvalue weighted by molar-refractivity contribution is 6.31. The van der Waals surface area contributed by atoms with Crippen molar-refractivity contribution in [1.82, 2.24) is 0 Å². The zero-order chi connectivity index (χ0) is 15.2. The molecule has 5 heteroatoms. The normalized spacial score (nSPS) is 11.8. The fourth-order valence-corrected chi connectivity index (χ4v) is 2.17. The number of halogens is 1. The van der Waals surface area contributed by atoms with Gasteiger partial charge in [0.2, 0.25) is 5.91 Å². The molecule has 0 bridgehead atoms. The van der Waals surface area contributed by atoms with Gasteiger partial charge in [-0.25, -0.2) is 0 Å². The van der Waals surface area contributed by atoms with Gasteiger partial charge in [0.1, 0.15) is 5.75 Å². The topological polar surface area (TPSA) is 64.3 Å². The van der Waals surface area contributed by atoms with Crippen LogP contribution in [-0.2, 0) is 4.79 Å². The van der Waals surface area contributed by atoms with E-state index in [0.717, 1.165) is 5.56 Å². The third kappa shape index (κ3) is 4.21. The highest BCUT2D eigenvalue weighted by atomic mass is 35.5. The molecule has 4 nitrogen and oxygen atoms in total. The van der Waals surface area contributed by atoms with Gasteiger partial charge in [-0.3, -0.25) is 4.79 Å². The molecule has 1 atom stereocenters. The van der Waals surface area contributed by atoms with Gasteiger partial charge in [-0.2, -0.15) is 0 Å². The van der Waals surface area contributed by atoms with Crippen LogP contribution in [0.15, 0.2) is 48.5 Å². The largest absolute Gasteiger partial charge is 0.495 e. The fraction of sp³-hybridized carbons (Fsp3) is 0.188. The Morgan fingerprint density at radius 3 is 2.67 bits per heavy atom. The third-order valence-corrected chi connectivity index (χ3v) is 3.30. The lowest BCUT2D eigenvalue weighted by Gasteiger charge is -2.14. The zero-order valence-corrected chi connectivity index (χ0v) is 12.4.